The number of hydrogen-bond donors (Lipinski definition) is 1. The molecule has 0 spiro atoms. The average Bonchev–Trinajstić information content (AvgIpc) is 2.40. The molecule has 0 bridgehead atoms. The molecule has 1 nitrogen and oxygen atoms in total. The largest absolute Gasteiger partial charge is 0.399 e. The van der Waals surface area contributed by atoms with Gasteiger partial charge in [0.15, 0.2) is 0 Å². The molecule has 0 aliphatic rings. The molecule has 0 saturated carbocycles. The third-order valence-electron chi connectivity index (χ3n) is 2.92. The van der Waals surface area contributed by atoms with E-state index in [1.807, 2.05) is 42.1 Å². The molecule has 0 aliphatic heterocycles. The smallest absolute Gasteiger partial charge is 0.0446 e. The zero-order chi connectivity index (χ0) is 13.5. The summed E-state index contributed by atoms with van der Waals surface area (Å²) in [5.41, 5.74) is 9.15. The number of hydrogen-bond acceptors (Lipinski definition) is 2. The summed E-state index contributed by atoms with van der Waals surface area (Å²) in [4.78, 5) is 0. The van der Waals surface area contributed by atoms with Gasteiger partial charge in [-0.3, -0.25) is 0 Å². The number of nitrogens with two attached hydrogens (primary N) is 1. The Morgan fingerprint density at radius 2 is 1.89 bits per heavy atom. The summed E-state index contributed by atoms with van der Waals surface area (Å²) < 4.78 is 0. The van der Waals surface area contributed by atoms with Crippen molar-refractivity contribution in [3.8, 4) is 0 Å². The van der Waals surface area contributed by atoms with Gasteiger partial charge in [-0.1, -0.05) is 41.9 Å². The number of thioether (sulfide) groups is 1. The van der Waals surface area contributed by atoms with Gasteiger partial charge in [0.25, 0.3) is 0 Å². The van der Waals surface area contributed by atoms with Crippen molar-refractivity contribution in [2.24, 2.45) is 0 Å². The van der Waals surface area contributed by atoms with Crippen molar-refractivity contribution >= 4 is 29.1 Å². The van der Waals surface area contributed by atoms with Gasteiger partial charge in [-0.25, -0.2) is 0 Å². The Labute approximate surface area is 124 Å². The van der Waals surface area contributed by atoms with Crippen LogP contribution in [0.15, 0.2) is 48.5 Å². The number of halogens is 1. The maximum Gasteiger partial charge on any atom is 0.0446 e. The van der Waals surface area contributed by atoms with E-state index in [1.54, 1.807) is 0 Å². The molecule has 2 N–H and O–H groups in total. The van der Waals surface area contributed by atoms with Crippen molar-refractivity contribution < 1.29 is 0 Å². The third kappa shape index (κ3) is 4.81. The first-order valence-electron chi connectivity index (χ1n) is 6.41. The van der Waals surface area contributed by atoms with E-state index in [9.17, 15) is 0 Å². The summed E-state index contributed by atoms with van der Waals surface area (Å²) in [5.74, 6) is 2.12. The van der Waals surface area contributed by atoms with E-state index >= 15 is 0 Å². The molecule has 19 heavy (non-hydrogen) atoms. The third-order valence-corrected chi connectivity index (χ3v) is 4.38. The lowest BCUT2D eigenvalue weighted by Gasteiger charge is -2.05. The standard InChI is InChI=1S/C16H18ClNS/c17-16-9-2-1-7-14(16)12-19-10-4-6-13-5-3-8-15(18)11-13/h1-3,5,7-9,11H,4,6,10,12,18H2. The SMILES string of the molecule is Nc1cccc(CCCSCc2ccccc2Cl)c1. The van der Waals surface area contributed by atoms with Crippen LogP contribution in [-0.4, -0.2) is 5.75 Å². The topological polar surface area (TPSA) is 26.0 Å². The Bertz CT molecular complexity index is 528. The van der Waals surface area contributed by atoms with Gasteiger partial charge < -0.3 is 5.73 Å². The minimum absolute atomic E-state index is 0.848. The normalized spacial score (nSPS) is 10.6. The fourth-order valence-corrected chi connectivity index (χ4v) is 3.17. The van der Waals surface area contributed by atoms with Crippen LogP contribution in [0, 0.1) is 0 Å². The Hall–Kier alpha value is -1.12. The number of anilines is 1. The van der Waals surface area contributed by atoms with E-state index in [4.69, 9.17) is 17.3 Å². The Kier molecular flexibility index (Phi) is 5.62. The summed E-state index contributed by atoms with van der Waals surface area (Å²) in [6, 6.07) is 16.2. The molecule has 0 saturated heterocycles. The highest BCUT2D eigenvalue weighted by atomic mass is 35.5. The van der Waals surface area contributed by atoms with Crippen LogP contribution in [0.5, 0.6) is 0 Å². The van der Waals surface area contributed by atoms with Crippen LogP contribution < -0.4 is 5.73 Å². The average molecular weight is 292 g/mol. The molecular formula is C16H18ClNS. The van der Waals surface area contributed by atoms with Crippen molar-refractivity contribution in [2.45, 2.75) is 18.6 Å². The first-order valence-corrected chi connectivity index (χ1v) is 7.94. The van der Waals surface area contributed by atoms with Gasteiger partial charge in [0.05, 0.1) is 0 Å². The fourth-order valence-electron chi connectivity index (χ4n) is 1.92. The molecule has 2 aromatic carbocycles. The first kappa shape index (κ1) is 14.3. The lowest BCUT2D eigenvalue weighted by Crippen LogP contribution is -1.91. The predicted octanol–water partition coefficient (Wildman–Crippen LogP) is 4.79. The van der Waals surface area contributed by atoms with E-state index in [2.05, 4.69) is 18.2 Å². The lowest BCUT2D eigenvalue weighted by atomic mass is 10.1. The molecule has 0 aliphatic carbocycles. The Morgan fingerprint density at radius 1 is 1.05 bits per heavy atom. The van der Waals surface area contributed by atoms with Crippen molar-refractivity contribution in [1.29, 1.82) is 0 Å². The summed E-state index contributed by atoms with van der Waals surface area (Å²) in [5, 5.41) is 0.867. The van der Waals surface area contributed by atoms with Gasteiger partial charge in [-0.2, -0.15) is 11.8 Å². The summed E-state index contributed by atoms with van der Waals surface area (Å²) in [7, 11) is 0. The number of rotatable bonds is 6. The van der Waals surface area contributed by atoms with Gasteiger partial charge in [-0.05, 0) is 47.9 Å². The maximum absolute atomic E-state index is 6.12. The molecule has 2 rings (SSSR count). The maximum atomic E-state index is 6.12. The van der Waals surface area contributed by atoms with Gasteiger partial charge in [0.1, 0.15) is 0 Å². The number of aryl methyl sites for hydroxylation is 1. The summed E-state index contributed by atoms with van der Waals surface area (Å²) in [6.07, 6.45) is 2.25. The molecule has 100 valence electrons. The van der Waals surface area contributed by atoms with Crippen LogP contribution in [0.3, 0.4) is 0 Å². The van der Waals surface area contributed by atoms with Crippen LogP contribution >= 0.6 is 23.4 Å². The highest BCUT2D eigenvalue weighted by Crippen LogP contribution is 2.21. The first-order chi connectivity index (χ1) is 9.25. The lowest BCUT2D eigenvalue weighted by molar-refractivity contribution is 0.933. The van der Waals surface area contributed by atoms with Crippen molar-refractivity contribution in [3.63, 3.8) is 0 Å². The van der Waals surface area contributed by atoms with Crippen molar-refractivity contribution in [1.82, 2.24) is 0 Å². The van der Waals surface area contributed by atoms with Gasteiger partial charge in [0.2, 0.25) is 0 Å². The Morgan fingerprint density at radius 3 is 2.68 bits per heavy atom. The van der Waals surface area contributed by atoms with E-state index in [1.165, 1.54) is 17.5 Å². The minimum Gasteiger partial charge on any atom is -0.399 e. The second-order valence-electron chi connectivity index (χ2n) is 4.49. The fraction of sp³-hybridized carbons (Fsp3) is 0.250. The summed E-state index contributed by atoms with van der Waals surface area (Å²) in [6.45, 7) is 0. The highest BCUT2D eigenvalue weighted by molar-refractivity contribution is 7.98. The van der Waals surface area contributed by atoms with Crippen LogP contribution in [0.2, 0.25) is 5.02 Å². The van der Waals surface area contributed by atoms with Crippen molar-refractivity contribution in [3.05, 3.63) is 64.7 Å². The number of benzene rings is 2. The molecule has 0 atom stereocenters. The highest BCUT2D eigenvalue weighted by Gasteiger charge is 1.99. The van der Waals surface area contributed by atoms with E-state index in [0.29, 0.717) is 0 Å². The summed E-state index contributed by atoms with van der Waals surface area (Å²) >= 11 is 8.05. The van der Waals surface area contributed by atoms with Crippen LogP contribution in [0.25, 0.3) is 0 Å². The Balaban J connectivity index is 1.69. The quantitative estimate of drug-likeness (QED) is 0.612. The molecule has 0 radical (unpaired) electrons. The molecule has 0 unspecified atom stereocenters. The van der Waals surface area contributed by atoms with Gasteiger partial charge >= 0.3 is 0 Å². The molecule has 0 amide bonds. The molecule has 0 aromatic heterocycles. The zero-order valence-corrected chi connectivity index (χ0v) is 12.4. The predicted molar refractivity (Wildman–Crippen MR) is 86.8 cm³/mol. The van der Waals surface area contributed by atoms with Crippen molar-refractivity contribution in [2.75, 3.05) is 11.5 Å². The number of nitrogen functional groups attached to an aromatic ring is 1. The van der Waals surface area contributed by atoms with Gasteiger partial charge in [-0.15, -0.1) is 0 Å². The van der Waals surface area contributed by atoms with E-state index in [0.717, 1.165) is 28.6 Å². The van der Waals surface area contributed by atoms with E-state index in [-0.39, 0.29) is 0 Å². The van der Waals surface area contributed by atoms with Crippen LogP contribution in [0.1, 0.15) is 17.5 Å². The second kappa shape index (κ2) is 7.46. The van der Waals surface area contributed by atoms with E-state index < -0.39 is 0 Å². The van der Waals surface area contributed by atoms with Crippen LogP contribution in [0.4, 0.5) is 5.69 Å². The molecule has 2 aromatic rings. The molecular weight excluding hydrogens is 274 g/mol. The van der Waals surface area contributed by atoms with Crippen LogP contribution in [-0.2, 0) is 12.2 Å². The monoisotopic (exact) mass is 291 g/mol. The minimum atomic E-state index is 0.848. The molecule has 3 heteroatoms. The molecule has 0 fully saturated rings. The zero-order valence-electron chi connectivity index (χ0n) is 10.8. The second-order valence-corrected chi connectivity index (χ2v) is 6.00. The molecule has 0 heterocycles. The van der Waals surface area contributed by atoms with Gasteiger partial charge in [0, 0.05) is 16.5 Å².